The van der Waals surface area contributed by atoms with Gasteiger partial charge in [0.15, 0.2) is 17.0 Å². The van der Waals surface area contributed by atoms with Crippen LogP contribution in [0.2, 0.25) is 0 Å². The molecule has 0 aliphatic carbocycles. The average molecular weight is 425 g/mol. The summed E-state index contributed by atoms with van der Waals surface area (Å²) in [4.78, 5) is 23.6. The fourth-order valence-corrected chi connectivity index (χ4v) is 3.08. The monoisotopic (exact) mass is 425 g/mol. The molecule has 2 heterocycles. The van der Waals surface area contributed by atoms with Crippen LogP contribution in [-0.2, 0) is 5.54 Å². The lowest BCUT2D eigenvalue weighted by molar-refractivity contribution is -0.106. The van der Waals surface area contributed by atoms with E-state index >= 15 is 0 Å². The number of benzene rings is 1. The molecule has 160 valence electrons. The minimum Gasteiger partial charge on any atom is -0.494 e. The highest BCUT2D eigenvalue weighted by Crippen LogP contribution is 2.50. The normalized spacial score (nSPS) is 25.4. The summed E-state index contributed by atoms with van der Waals surface area (Å²) in [5.74, 6) is -6.05. The third kappa shape index (κ3) is 3.66. The minimum atomic E-state index is -3.75. The van der Waals surface area contributed by atoms with Crippen LogP contribution in [0.25, 0.3) is 0 Å². The number of rotatable bonds is 4. The molecule has 1 aliphatic rings. The molecule has 1 aromatic carbocycles. The van der Waals surface area contributed by atoms with Crippen molar-refractivity contribution < 1.29 is 27.1 Å². The van der Waals surface area contributed by atoms with Crippen molar-refractivity contribution in [2.24, 2.45) is 10.7 Å². The third-order valence-electron chi connectivity index (χ3n) is 4.96. The van der Waals surface area contributed by atoms with Crippen LogP contribution in [0.3, 0.4) is 0 Å². The summed E-state index contributed by atoms with van der Waals surface area (Å²) in [5, 5.41) is 2.40. The van der Waals surface area contributed by atoms with Gasteiger partial charge in [-0.15, -0.1) is 0 Å². The number of nitrogens with two attached hydrogens (primary N) is 1. The SMILES string of the molecule is COc1cnc(C(=O)Nc2ccc(F)c([C@@]3(C)N=C(N)[C@@](C)(F)CC3(F)F)c2)nc1. The first kappa shape index (κ1) is 21.5. The summed E-state index contributed by atoms with van der Waals surface area (Å²) in [6.07, 6.45) is 1.28. The molecule has 2 atom stereocenters. The Morgan fingerprint density at radius 2 is 1.83 bits per heavy atom. The van der Waals surface area contributed by atoms with Crippen LogP contribution in [0, 0.1) is 5.82 Å². The number of aromatic nitrogens is 2. The topological polar surface area (TPSA) is 102 Å². The maximum absolute atomic E-state index is 14.8. The first-order valence-electron chi connectivity index (χ1n) is 8.79. The Morgan fingerprint density at radius 1 is 1.20 bits per heavy atom. The van der Waals surface area contributed by atoms with Gasteiger partial charge in [0.05, 0.1) is 25.9 Å². The van der Waals surface area contributed by atoms with Gasteiger partial charge in [-0.3, -0.25) is 9.79 Å². The maximum atomic E-state index is 14.8. The predicted octanol–water partition coefficient (Wildman–Crippen LogP) is 3.22. The molecule has 0 spiro atoms. The van der Waals surface area contributed by atoms with Crippen LogP contribution in [0.1, 0.15) is 36.5 Å². The van der Waals surface area contributed by atoms with Crippen LogP contribution >= 0.6 is 0 Å². The zero-order chi connectivity index (χ0) is 22.3. The van der Waals surface area contributed by atoms with Gasteiger partial charge < -0.3 is 15.8 Å². The van der Waals surface area contributed by atoms with Gasteiger partial charge in [-0.1, -0.05) is 0 Å². The van der Waals surface area contributed by atoms with Crippen LogP contribution in [0.4, 0.5) is 23.2 Å². The van der Waals surface area contributed by atoms with E-state index in [2.05, 4.69) is 20.3 Å². The molecule has 2 aromatic rings. The predicted molar refractivity (Wildman–Crippen MR) is 101 cm³/mol. The van der Waals surface area contributed by atoms with Crippen LogP contribution in [-0.4, -0.2) is 40.4 Å². The van der Waals surface area contributed by atoms with Crippen molar-refractivity contribution in [3.8, 4) is 5.75 Å². The van der Waals surface area contributed by atoms with Crippen LogP contribution in [0.5, 0.6) is 5.75 Å². The van der Waals surface area contributed by atoms with Gasteiger partial charge >= 0.3 is 0 Å². The molecule has 1 amide bonds. The van der Waals surface area contributed by atoms with E-state index in [1.165, 1.54) is 25.6 Å². The highest BCUT2D eigenvalue weighted by Gasteiger charge is 2.60. The van der Waals surface area contributed by atoms with E-state index in [0.717, 1.165) is 26.0 Å². The number of amides is 1. The number of nitrogens with one attached hydrogen (secondary N) is 1. The van der Waals surface area contributed by atoms with Crippen molar-refractivity contribution in [1.82, 2.24) is 9.97 Å². The fourth-order valence-electron chi connectivity index (χ4n) is 3.08. The zero-order valence-corrected chi connectivity index (χ0v) is 16.3. The molecule has 1 aromatic heterocycles. The summed E-state index contributed by atoms with van der Waals surface area (Å²) in [6.45, 7) is 1.85. The summed E-state index contributed by atoms with van der Waals surface area (Å²) >= 11 is 0. The molecule has 0 saturated heterocycles. The fraction of sp³-hybridized carbons (Fsp3) is 0.368. The number of carbonyl (C=O) groups excluding carboxylic acids is 1. The molecule has 3 N–H and O–H groups in total. The average Bonchev–Trinajstić information content (AvgIpc) is 2.67. The molecule has 0 bridgehead atoms. The van der Waals surface area contributed by atoms with E-state index in [9.17, 15) is 22.4 Å². The number of alkyl halides is 3. The lowest BCUT2D eigenvalue weighted by atomic mass is 9.77. The van der Waals surface area contributed by atoms with E-state index in [1.54, 1.807) is 0 Å². The van der Waals surface area contributed by atoms with Crippen LogP contribution < -0.4 is 15.8 Å². The van der Waals surface area contributed by atoms with E-state index in [1.807, 2.05) is 0 Å². The van der Waals surface area contributed by atoms with Gasteiger partial charge in [0, 0.05) is 11.3 Å². The largest absolute Gasteiger partial charge is 0.494 e. The Hall–Kier alpha value is -3.24. The first-order valence-corrected chi connectivity index (χ1v) is 8.79. The standard InChI is InChI=1S/C19H19F4N5O2/c1-17(21)9-19(22,23)18(2,28-16(17)24)12-6-10(4-5-13(12)20)27-15(29)14-25-7-11(30-3)8-26-14/h4-8H,9H2,1-3H3,(H2,24,28)(H,27,29)/t17-,18+/m0/s1. The number of nitrogens with zero attached hydrogens (tertiary/aromatic N) is 3. The molecular formula is C19H19F4N5O2. The molecule has 0 fully saturated rings. The molecule has 1 aliphatic heterocycles. The lowest BCUT2D eigenvalue weighted by Gasteiger charge is -2.42. The highest BCUT2D eigenvalue weighted by molar-refractivity contribution is 6.01. The smallest absolute Gasteiger partial charge is 0.293 e. The van der Waals surface area contributed by atoms with Gasteiger partial charge in [0.1, 0.15) is 11.7 Å². The Bertz CT molecular complexity index is 1010. The number of amidine groups is 1. The van der Waals surface area contributed by atoms with Crippen molar-refractivity contribution in [2.75, 3.05) is 12.4 Å². The number of anilines is 1. The lowest BCUT2D eigenvalue weighted by Crippen LogP contribution is -2.56. The second-order valence-electron chi connectivity index (χ2n) is 7.24. The number of carbonyl (C=O) groups is 1. The van der Waals surface area contributed by atoms with Crippen molar-refractivity contribution in [1.29, 1.82) is 0 Å². The van der Waals surface area contributed by atoms with Crippen molar-refractivity contribution in [3.05, 3.63) is 47.8 Å². The van der Waals surface area contributed by atoms with Gasteiger partial charge in [-0.05, 0) is 32.0 Å². The maximum Gasteiger partial charge on any atom is 0.293 e. The second-order valence-corrected chi connectivity index (χ2v) is 7.24. The van der Waals surface area contributed by atoms with E-state index in [4.69, 9.17) is 10.5 Å². The quantitative estimate of drug-likeness (QED) is 0.733. The number of methoxy groups -OCH3 is 1. The number of hydrogen-bond acceptors (Lipinski definition) is 6. The van der Waals surface area contributed by atoms with E-state index < -0.39 is 46.7 Å². The number of ether oxygens (including phenoxy) is 1. The summed E-state index contributed by atoms with van der Waals surface area (Å²) in [7, 11) is 1.40. The zero-order valence-electron chi connectivity index (χ0n) is 16.3. The highest BCUT2D eigenvalue weighted by atomic mass is 19.3. The molecule has 0 radical (unpaired) electrons. The van der Waals surface area contributed by atoms with Crippen molar-refractivity contribution >= 4 is 17.4 Å². The van der Waals surface area contributed by atoms with Gasteiger partial charge in [-0.2, -0.15) is 0 Å². The van der Waals surface area contributed by atoms with Gasteiger partial charge in [0.25, 0.3) is 11.8 Å². The van der Waals surface area contributed by atoms with Gasteiger partial charge in [0.2, 0.25) is 5.82 Å². The molecule has 3 rings (SSSR count). The summed E-state index contributed by atoms with van der Waals surface area (Å²) in [6, 6.07) is 3.08. The van der Waals surface area contributed by atoms with Crippen molar-refractivity contribution in [3.63, 3.8) is 0 Å². The third-order valence-corrected chi connectivity index (χ3v) is 4.96. The molecule has 0 unspecified atom stereocenters. The first-order chi connectivity index (χ1) is 13.9. The van der Waals surface area contributed by atoms with E-state index in [0.29, 0.717) is 5.75 Å². The number of aliphatic imine (C=N–C) groups is 1. The van der Waals surface area contributed by atoms with Gasteiger partial charge in [-0.25, -0.2) is 27.5 Å². The van der Waals surface area contributed by atoms with E-state index in [-0.39, 0.29) is 11.5 Å². The Balaban J connectivity index is 1.97. The molecule has 0 saturated carbocycles. The number of halogens is 4. The minimum absolute atomic E-state index is 0.00445. The van der Waals surface area contributed by atoms with Crippen LogP contribution in [0.15, 0.2) is 35.6 Å². The molecule has 7 nitrogen and oxygen atoms in total. The Kier molecular flexibility index (Phi) is 5.17. The van der Waals surface area contributed by atoms with Crippen molar-refractivity contribution in [2.45, 2.75) is 37.4 Å². The Morgan fingerprint density at radius 3 is 2.43 bits per heavy atom. The summed E-state index contributed by atoms with van der Waals surface area (Å²) in [5.41, 5.74) is -0.00775. The second kappa shape index (κ2) is 7.22. The summed E-state index contributed by atoms with van der Waals surface area (Å²) < 4.78 is 63.4. The molecular weight excluding hydrogens is 406 g/mol. The number of hydrogen-bond donors (Lipinski definition) is 2. The molecule has 11 heteroatoms. The molecule has 30 heavy (non-hydrogen) atoms. The Labute approximate surface area is 169 Å².